The Labute approximate surface area is 119 Å². The molecular formula is C16H22N2O2. The molecular weight excluding hydrogens is 252 g/mol. The molecule has 0 spiro atoms. The third-order valence-corrected chi connectivity index (χ3v) is 5.15. The molecule has 0 radical (unpaired) electrons. The van der Waals surface area contributed by atoms with Crippen LogP contribution in [0.2, 0.25) is 0 Å². The third-order valence-electron chi connectivity index (χ3n) is 5.15. The molecule has 3 saturated carbocycles. The highest BCUT2D eigenvalue weighted by molar-refractivity contribution is 5.92. The monoisotopic (exact) mass is 274 g/mol. The van der Waals surface area contributed by atoms with Crippen LogP contribution < -0.4 is 5.32 Å². The van der Waals surface area contributed by atoms with Gasteiger partial charge in [0, 0.05) is 18.0 Å². The van der Waals surface area contributed by atoms with Gasteiger partial charge in [0.1, 0.15) is 5.76 Å². The predicted octanol–water partition coefficient (Wildman–Crippen LogP) is 3.25. The third kappa shape index (κ3) is 2.48. The standard InChI is InChI=1S/C16H22N2O2/c19-16(14-9-15(20-18-14)11-6-7-11)17-13-8-12(13)10-4-2-1-3-5-10/h9-13H,1-8H2,(H,17,19)/t12-,13+/m1/s1. The Morgan fingerprint density at radius 2 is 2.00 bits per heavy atom. The minimum absolute atomic E-state index is 0.0519. The van der Waals surface area contributed by atoms with Gasteiger partial charge in [-0.2, -0.15) is 0 Å². The summed E-state index contributed by atoms with van der Waals surface area (Å²) in [5.41, 5.74) is 0.459. The van der Waals surface area contributed by atoms with Crippen molar-refractivity contribution in [2.45, 2.75) is 63.3 Å². The van der Waals surface area contributed by atoms with Gasteiger partial charge in [0.15, 0.2) is 5.69 Å². The first kappa shape index (κ1) is 12.4. The Morgan fingerprint density at radius 3 is 2.75 bits per heavy atom. The van der Waals surface area contributed by atoms with Crippen LogP contribution in [0.3, 0.4) is 0 Å². The molecule has 2 atom stereocenters. The van der Waals surface area contributed by atoms with Crippen molar-refractivity contribution < 1.29 is 9.32 Å². The molecule has 4 rings (SSSR count). The average molecular weight is 274 g/mol. The molecule has 0 saturated heterocycles. The zero-order valence-corrected chi connectivity index (χ0v) is 11.8. The lowest BCUT2D eigenvalue weighted by Crippen LogP contribution is -2.28. The summed E-state index contributed by atoms with van der Waals surface area (Å²) in [5.74, 6) is 2.90. The van der Waals surface area contributed by atoms with Crippen LogP contribution in [-0.2, 0) is 0 Å². The zero-order chi connectivity index (χ0) is 13.5. The first-order valence-electron chi connectivity index (χ1n) is 8.09. The summed E-state index contributed by atoms with van der Waals surface area (Å²) >= 11 is 0. The fraction of sp³-hybridized carbons (Fsp3) is 0.750. The van der Waals surface area contributed by atoms with Crippen LogP contribution in [0.15, 0.2) is 10.6 Å². The number of amides is 1. The molecule has 1 aromatic rings. The van der Waals surface area contributed by atoms with Gasteiger partial charge in [-0.05, 0) is 31.1 Å². The second kappa shape index (κ2) is 4.90. The van der Waals surface area contributed by atoms with Crippen molar-refractivity contribution in [2.24, 2.45) is 11.8 Å². The molecule has 1 amide bonds. The molecule has 4 nitrogen and oxygen atoms in total. The molecule has 4 heteroatoms. The van der Waals surface area contributed by atoms with Crippen LogP contribution in [-0.4, -0.2) is 17.1 Å². The number of carbonyl (C=O) groups excluding carboxylic acids is 1. The molecule has 3 aliphatic rings. The van der Waals surface area contributed by atoms with Gasteiger partial charge < -0.3 is 9.84 Å². The van der Waals surface area contributed by atoms with E-state index >= 15 is 0 Å². The van der Waals surface area contributed by atoms with Gasteiger partial charge in [-0.15, -0.1) is 0 Å². The van der Waals surface area contributed by atoms with Crippen molar-refractivity contribution >= 4 is 5.91 Å². The van der Waals surface area contributed by atoms with Crippen LogP contribution in [0.25, 0.3) is 0 Å². The van der Waals surface area contributed by atoms with Crippen LogP contribution in [0, 0.1) is 11.8 Å². The van der Waals surface area contributed by atoms with Crippen molar-refractivity contribution in [3.8, 4) is 0 Å². The summed E-state index contributed by atoms with van der Waals surface area (Å²) in [5, 5.41) is 7.04. The topological polar surface area (TPSA) is 55.1 Å². The molecule has 0 aromatic carbocycles. The summed E-state index contributed by atoms with van der Waals surface area (Å²) in [6.07, 6.45) is 10.3. The normalized spacial score (nSPS) is 30.2. The number of aromatic nitrogens is 1. The maximum atomic E-state index is 12.1. The second-order valence-electron chi connectivity index (χ2n) is 6.77. The molecule has 0 aliphatic heterocycles. The maximum Gasteiger partial charge on any atom is 0.273 e. The highest BCUT2D eigenvalue weighted by Gasteiger charge is 2.44. The van der Waals surface area contributed by atoms with E-state index in [0.717, 1.165) is 18.1 Å². The predicted molar refractivity (Wildman–Crippen MR) is 74.4 cm³/mol. The minimum Gasteiger partial charge on any atom is -0.360 e. The van der Waals surface area contributed by atoms with Gasteiger partial charge in [0.2, 0.25) is 0 Å². The van der Waals surface area contributed by atoms with E-state index < -0.39 is 0 Å². The van der Waals surface area contributed by atoms with Crippen molar-refractivity contribution in [1.29, 1.82) is 0 Å². The molecule has 1 N–H and O–H groups in total. The Kier molecular flexibility index (Phi) is 3.04. The van der Waals surface area contributed by atoms with Crippen molar-refractivity contribution in [3.63, 3.8) is 0 Å². The van der Waals surface area contributed by atoms with E-state index in [1.807, 2.05) is 6.07 Å². The smallest absolute Gasteiger partial charge is 0.273 e. The fourth-order valence-electron chi connectivity index (χ4n) is 3.66. The summed E-state index contributed by atoms with van der Waals surface area (Å²) in [7, 11) is 0. The average Bonchev–Trinajstić information content (AvgIpc) is 3.40. The molecule has 1 heterocycles. The highest BCUT2D eigenvalue weighted by atomic mass is 16.5. The largest absolute Gasteiger partial charge is 0.360 e. The van der Waals surface area contributed by atoms with E-state index in [1.165, 1.54) is 44.9 Å². The van der Waals surface area contributed by atoms with E-state index in [2.05, 4.69) is 10.5 Å². The highest BCUT2D eigenvalue weighted by Crippen LogP contribution is 2.44. The first-order chi connectivity index (χ1) is 9.81. The summed E-state index contributed by atoms with van der Waals surface area (Å²) in [6.45, 7) is 0. The summed E-state index contributed by atoms with van der Waals surface area (Å²) in [6, 6.07) is 2.21. The van der Waals surface area contributed by atoms with Crippen LogP contribution in [0.1, 0.15) is 73.5 Å². The number of rotatable bonds is 4. The summed E-state index contributed by atoms with van der Waals surface area (Å²) in [4.78, 5) is 12.1. The SMILES string of the molecule is O=C(N[C@H]1C[C@@H]1C1CCCCC1)c1cc(C2CC2)on1. The summed E-state index contributed by atoms with van der Waals surface area (Å²) < 4.78 is 5.24. The Hall–Kier alpha value is -1.32. The Balaban J connectivity index is 1.31. The Bertz CT molecular complexity index is 500. The van der Waals surface area contributed by atoms with E-state index in [0.29, 0.717) is 23.6 Å². The van der Waals surface area contributed by atoms with Crippen LogP contribution in [0.5, 0.6) is 0 Å². The molecule has 1 aromatic heterocycles. The number of nitrogens with zero attached hydrogens (tertiary/aromatic N) is 1. The van der Waals surface area contributed by atoms with Crippen LogP contribution >= 0.6 is 0 Å². The molecule has 20 heavy (non-hydrogen) atoms. The van der Waals surface area contributed by atoms with E-state index in [-0.39, 0.29) is 5.91 Å². The van der Waals surface area contributed by atoms with Gasteiger partial charge in [-0.3, -0.25) is 4.79 Å². The zero-order valence-electron chi connectivity index (χ0n) is 11.8. The lowest BCUT2D eigenvalue weighted by Gasteiger charge is -2.21. The van der Waals surface area contributed by atoms with Gasteiger partial charge in [0.05, 0.1) is 0 Å². The number of hydrogen-bond donors (Lipinski definition) is 1. The lowest BCUT2D eigenvalue weighted by molar-refractivity contribution is 0.0937. The second-order valence-corrected chi connectivity index (χ2v) is 6.77. The fourth-order valence-corrected chi connectivity index (χ4v) is 3.66. The molecule has 0 bridgehead atoms. The van der Waals surface area contributed by atoms with E-state index in [4.69, 9.17) is 4.52 Å². The molecule has 3 fully saturated rings. The first-order valence-corrected chi connectivity index (χ1v) is 8.09. The van der Waals surface area contributed by atoms with Crippen LogP contribution in [0.4, 0.5) is 0 Å². The van der Waals surface area contributed by atoms with Crippen molar-refractivity contribution in [3.05, 3.63) is 17.5 Å². The maximum absolute atomic E-state index is 12.1. The van der Waals surface area contributed by atoms with Crippen molar-refractivity contribution in [2.75, 3.05) is 0 Å². The Morgan fingerprint density at radius 1 is 1.20 bits per heavy atom. The van der Waals surface area contributed by atoms with Gasteiger partial charge in [-0.1, -0.05) is 37.3 Å². The van der Waals surface area contributed by atoms with E-state index in [9.17, 15) is 4.79 Å². The van der Waals surface area contributed by atoms with Gasteiger partial charge in [0.25, 0.3) is 5.91 Å². The molecule has 0 unspecified atom stereocenters. The van der Waals surface area contributed by atoms with E-state index in [1.54, 1.807) is 0 Å². The minimum atomic E-state index is -0.0519. The quantitative estimate of drug-likeness (QED) is 0.917. The number of hydrogen-bond acceptors (Lipinski definition) is 3. The lowest BCUT2D eigenvalue weighted by atomic mass is 9.85. The van der Waals surface area contributed by atoms with Gasteiger partial charge >= 0.3 is 0 Å². The number of nitrogens with one attached hydrogen (secondary N) is 1. The molecule has 108 valence electrons. The number of carbonyl (C=O) groups is 1. The van der Waals surface area contributed by atoms with Crippen molar-refractivity contribution in [1.82, 2.24) is 10.5 Å². The van der Waals surface area contributed by atoms with Gasteiger partial charge in [-0.25, -0.2) is 0 Å². The molecule has 3 aliphatic carbocycles.